The standard InChI is InChI=1S/C57H99NO10/c1-4-7-10-13-16-19-22-24-25-27-30-33-36-39-42-45-52(62)68-55-54(64)53(63)51(46-59)67-57(55)66-47-48(49(60)43-40-37-34-31-28-21-18-15-12-9-6-3)58-56(65)50(61)44-41-38-35-32-29-26-23-20-17-14-11-8-5-2/h7,10,13,16,19,22,24-25,27,30,40,43,48-51,53-55,57,59-61,63-64H,4-6,8-9,11-12,14-15,17-18,20-21,23,26,28-29,31-39,41-42,44-47H2,1-3H3,(H,58,65)/b10-7+,16-13+,22-19-,25-24-,30-27+,43-40+. The molecule has 8 unspecified atom stereocenters. The molecule has 0 aromatic heterocycles. The van der Waals surface area contributed by atoms with E-state index in [1.807, 2.05) is 54.7 Å². The summed E-state index contributed by atoms with van der Waals surface area (Å²) in [5.74, 6) is -1.24. The van der Waals surface area contributed by atoms with Crippen molar-refractivity contribution in [3.05, 3.63) is 72.9 Å². The third kappa shape index (κ3) is 33.6. The molecule has 1 aliphatic rings. The molecule has 6 N–H and O–H groups in total. The molecule has 68 heavy (non-hydrogen) atoms. The zero-order valence-corrected chi connectivity index (χ0v) is 43.0. The summed E-state index contributed by atoms with van der Waals surface area (Å²) in [5.41, 5.74) is 0. The van der Waals surface area contributed by atoms with Gasteiger partial charge in [0.1, 0.15) is 24.4 Å². The summed E-state index contributed by atoms with van der Waals surface area (Å²) in [6.45, 7) is 5.59. The molecule has 11 nitrogen and oxygen atoms in total. The van der Waals surface area contributed by atoms with Crippen LogP contribution in [0.25, 0.3) is 0 Å². The third-order valence-corrected chi connectivity index (χ3v) is 12.5. The normalized spacial score (nSPS) is 20.5. The molecule has 1 heterocycles. The van der Waals surface area contributed by atoms with E-state index in [1.165, 1.54) is 103 Å². The van der Waals surface area contributed by atoms with Gasteiger partial charge in [-0.15, -0.1) is 0 Å². The van der Waals surface area contributed by atoms with Crippen LogP contribution in [0.5, 0.6) is 0 Å². The zero-order valence-electron chi connectivity index (χ0n) is 43.0. The Hall–Kier alpha value is -2.90. The van der Waals surface area contributed by atoms with E-state index in [-0.39, 0.29) is 19.4 Å². The van der Waals surface area contributed by atoms with E-state index >= 15 is 0 Å². The summed E-state index contributed by atoms with van der Waals surface area (Å²) in [7, 11) is 0. The SMILES string of the molecule is CC/C=C/C=C/C=C\C=C/C=C/CCCCCC(=O)OC1C(OCC(NC(=O)C(O)CCCCCCCCCCCCCCC)C(O)/C=C/CCCCCCCCCCC)OC(CO)C(O)C1O. The molecule has 0 aromatic carbocycles. The lowest BCUT2D eigenvalue weighted by atomic mass is 9.99. The molecular weight excluding hydrogens is 859 g/mol. The average molecular weight is 958 g/mol. The number of carbonyl (C=O) groups excluding carboxylic acids is 2. The summed E-state index contributed by atoms with van der Waals surface area (Å²) in [4.78, 5) is 26.4. The number of unbranched alkanes of at least 4 members (excludes halogenated alkanes) is 24. The van der Waals surface area contributed by atoms with Crippen LogP contribution in [-0.4, -0.2) is 99.6 Å². The molecule has 0 saturated carbocycles. The van der Waals surface area contributed by atoms with E-state index in [4.69, 9.17) is 14.2 Å². The number of hydrogen-bond donors (Lipinski definition) is 6. The van der Waals surface area contributed by atoms with Gasteiger partial charge in [0, 0.05) is 6.42 Å². The molecule has 1 aliphatic heterocycles. The van der Waals surface area contributed by atoms with Crippen molar-refractivity contribution in [1.29, 1.82) is 0 Å². The number of aliphatic hydroxyl groups excluding tert-OH is 5. The Morgan fingerprint density at radius 3 is 1.59 bits per heavy atom. The molecule has 0 radical (unpaired) electrons. The fourth-order valence-electron chi connectivity index (χ4n) is 8.14. The molecule has 0 aliphatic carbocycles. The molecule has 1 rings (SSSR count). The van der Waals surface area contributed by atoms with Gasteiger partial charge < -0.3 is 45.1 Å². The van der Waals surface area contributed by atoms with Crippen molar-refractivity contribution < 1.29 is 49.3 Å². The number of rotatable bonds is 44. The molecule has 1 fully saturated rings. The molecule has 0 spiro atoms. The van der Waals surface area contributed by atoms with Crippen LogP contribution in [0, 0.1) is 0 Å². The number of ether oxygens (including phenoxy) is 3. The highest BCUT2D eigenvalue weighted by Crippen LogP contribution is 2.26. The predicted octanol–water partition coefficient (Wildman–Crippen LogP) is 11.7. The highest BCUT2D eigenvalue weighted by Gasteiger charge is 2.47. The second-order valence-corrected chi connectivity index (χ2v) is 18.7. The maximum absolute atomic E-state index is 13.3. The van der Waals surface area contributed by atoms with Gasteiger partial charge in [-0.05, 0) is 44.9 Å². The van der Waals surface area contributed by atoms with Gasteiger partial charge in [0.15, 0.2) is 12.4 Å². The van der Waals surface area contributed by atoms with Gasteiger partial charge in [-0.3, -0.25) is 9.59 Å². The Balaban J connectivity index is 2.79. The molecule has 1 saturated heterocycles. The van der Waals surface area contributed by atoms with Crippen molar-refractivity contribution in [2.24, 2.45) is 0 Å². The Kier molecular flexibility index (Phi) is 42.0. The first-order valence-corrected chi connectivity index (χ1v) is 27.3. The molecule has 11 heteroatoms. The van der Waals surface area contributed by atoms with Crippen LogP contribution in [0.15, 0.2) is 72.9 Å². The highest BCUT2D eigenvalue weighted by molar-refractivity contribution is 5.80. The minimum absolute atomic E-state index is 0.0726. The zero-order chi connectivity index (χ0) is 49.7. The Morgan fingerprint density at radius 1 is 0.588 bits per heavy atom. The fourth-order valence-corrected chi connectivity index (χ4v) is 8.14. The van der Waals surface area contributed by atoms with Gasteiger partial charge in [-0.2, -0.15) is 0 Å². The summed E-state index contributed by atoms with van der Waals surface area (Å²) < 4.78 is 17.5. The Bertz CT molecular complexity index is 1380. The predicted molar refractivity (Wildman–Crippen MR) is 278 cm³/mol. The van der Waals surface area contributed by atoms with Crippen molar-refractivity contribution >= 4 is 11.9 Å². The maximum Gasteiger partial charge on any atom is 0.306 e. The summed E-state index contributed by atoms with van der Waals surface area (Å²) in [5, 5.41) is 56.6. The number of aliphatic hydroxyl groups is 5. The Morgan fingerprint density at radius 2 is 1.06 bits per heavy atom. The largest absolute Gasteiger partial charge is 0.454 e. The van der Waals surface area contributed by atoms with Crippen LogP contribution in [0.4, 0.5) is 0 Å². The first-order chi connectivity index (χ1) is 33.2. The second-order valence-electron chi connectivity index (χ2n) is 18.7. The average Bonchev–Trinajstić information content (AvgIpc) is 3.33. The van der Waals surface area contributed by atoms with Gasteiger partial charge in [0.05, 0.1) is 25.4 Å². The van der Waals surface area contributed by atoms with Crippen LogP contribution in [0.3, 0.4) is 0 Å². The van der Waals surface area contributed by atoms with E-state index in [9.17, 15) is 35.1 Å². The first-order valence-electron chi connectivity index (χ1n) is 27.3. The number of amides is 1. The third-order valence-electron chi connectivity index (χ3n) is 12.5. The van der Waals surface area contributed by atoms with Gasteiger partial charge in [0.2, 0.25) is 5.91 Å². The molecule has 392 valence electrons. The minimum Gasteiger partial charge on any atom is -0.454 e. The molecule has 1 amide bonds. The van der Waals surface area contributed by atoms with Gasteiger partial charge >= 0.3 is 5.97 Å². The molecule has 0 bridgehead atoms. The first kappa shape index (κ1) is 63.1. The van der Waals surface area contributed by atoms with Crippen LogP contribution in [0.2, 0.25) is 0 Å². The smallest absolute Gasteiger partial charge is 0.306 e. The van der Waals surface area contributed by atoms with Gasteiger partial charge in [-0.25, -0.2) is 0 Å². The van der Waals surface area contributed by atoms with E-state index < -0.39 is 67.4 Å². The van der Waals surface area contributed by atoms with E-state index in [0.29, 0.717) is 12.8 Å². The fraction of sp³-hybridized carbons (Fsp3) is 0.754. The van der Waals surface area contributed by atoms with Crippen LogP contribution >= 0.6 is 0 Å². The van der Waals surface area contributed by atoms with Crippen molar-refractivity contribution in [3.63, 3.8) is 0 Å². The number of nitrogens with one attached hydrogen (secondary N) is 1. The number of allylic oxidation sites excluding steroid dienone is 11. The topological polar surface area (TPSA) is 175 Å². The van der Waals surface area contributed by atoms with Crippen LogP contribution < -0.4 is 5.32 Å². The van der Waals surface area contributed by atoms with Crippen LogP contribution in [-0.2, 0) is 23.8 Å². The minimum atomic E-state index is -1.63. The maximum atomic E-state index is 13.3. The molecular formula is C57H99NO10. The lowest BCUT2D eigenvalue weighted by Crippen LogP contribution is -2.61. The monoisotopic (exact) mass is 958 g/mol. The second kappa shape index (κ2) is 45.3. The van der Waals surface area contributed by atoms with Gasteiger partial charge in [0.25, 0.3) is 0 Å². The van der Waals surface area contributed by atoms with E-state index in [2.05, 4.69) is 38.2 Å². The highest BCUT2D eigenvalue weighted by atomic mass is 16.7. The number of hydrogen-bond acceptors (Lipinski definition) is 10. The van der Waals surface area contributed by atoms with Crippen molar-refractivity contribution in [2.45, 2.75) is 262 Å². The quantitative estimate of drug-likeness (QED) is 0.0149. The van der Waals surface area contributed by atoms with Crippen LogP contribution in [0.1, 0.15) is 213 Å². The van der Waals surface area contributed by atoms with E-state index in [1.54, 1.807) is 6.08 Å². The van der Waals surface area contributed by atoms with Crippen molar-refractivity contribution in [1.82, 2.24) is 5.32 Å². The lowest BCUT2D eigenvalue weighted by Gasteiger charge is -2.41. The van der Waals surface area contributed by atoms with Crippen molar-refractivity contribution in [2.75, 3.05) is 13.2 Å². The van der Waals surface area contributed by atoms with E-state index in [0.717, 1.165) is 64.2 Å². The number of carbonyl (C=O) groups is 2. The summed E-state index contributed by atoms with van der Waals surface area (Å²) >= 11 is 0. The molecule has 0 aromatic rings. The Labute approximate surface area is 413 Å². The number of esters is 1. The van der Waals surface area contributed by atoms with Crippen molar-refractivity contribution in [3.8, 4) is 0 Å². The summed E-state index contributed by atoms with van der Waals surface area (Å²) in [6.07, 6.45) is 45.2. The lowest BCUT2D eigenvalue weighted by molar-refractivity contribution is -0.305. The molecule has 8 atom stereocenters. The van der Waals surface area contributed by atoms with Gasteiger partial charge in [-0.1, -0.05) is 235 Å². The summed E-state index contributed by atoms with van der Waals surface area (Å²) in [6, 6.07) is -1.03.